The topological polar surface area (TPSA) is 34.9 Å². The second-order valence-electron chi connectivity index (χ2n) is 6.19. The maximum absolute atomic E-state index is 12.0. The third-order valence-electron chi connectivity index (χ3n) is 4.40. The summed E-state index contributed by atoms with van der Waals surface area (Å²) in [6, 6.07) is 27.9. The molecule has 3 nitrogen and oxygen atoms in total. The van der Waals surface area contributed by atoms with Gasteiger partial charge in [0.2, 0.25) is 0 Å². The molecule has 0 bridgehead atoms. The van der Waals surface area contributed by atoms with Crippen LogP contribution in [0.15, 0.2) is 84.9 Å². The van der Waals surface area contributed by atoms with Gasteiger partial charge in [-0.05, 0) is 19.1 Å². The van der Waals surface area contributed by atoms with Crippen LogP contribution in [0.25, 0.3) is 28.3 Å². The number of hydrogen-bond donors (Lipinski definition) is 0. The van der Waals surface area contributed by atoms with E-state index in [0.29, 0.717) is 11.4 Å². The fourth-order valence-electron chi connectivity index (χ4n) is 3.09. The fourth-order valence-corrected chi connectivity index (χ4v) is 3.09. The molecule has 0 amide bonds. The van der Waals surface area contributed by atoms with Crippen molar-refractivity contribution in [2.75, 3.05) is 0 Å². The standard InChI is InChI=1S/C23H18N2O/c1-17-12-14-20(15-13-17)25-21(16-26)22(18-8-4-2-5-9-18)24-23(25)19-10-6-3-7-11-19/h2-16H,1H3. The lowest BCUT2D eigenvalue weighted by atomic mass is 10.1. The van der Waals surface area contributed by atoms with Crippen molar-refractivity contribution >= 4 is 6.29 Å². The maximum Gasteiger partial charge on any atom is 0.169 e. The highest BCUT2D eigenvalue weighted by molar-refractivity contribution is 5.87. The number of carbonyl (C=O) groups is 1. The van der Waals surface area contributed by atoms with Crippen LogP contribution in [0, 0.1) is 6.92 Å². The lowest BCUT2D eigenvalue weighted by molar-refractivity contribution is 0.111. The molecule has 126 valence electrons. The molecule has 26 heavy (non-hydrogen) atoms. The Morgan fingerprint density at radius 2 is 1.35 bits per heavy atom. The Labute approximate surface area is 152 Å². The minimum Gasteiger partial charge on any atom is -0.296 e. The Kier molecular flexibility index (Phi) is 4.20. The summed E-state index contributed by atoms with van der Waals surface area (Å²) in [6.45, 7) is 2.05. The highest BCUT2D eigenvalue weighted by Gasteiger charge is 2.20. The summed E-state index contributed by atoms with van der Waals surface area (Å²) >= 11 is 0. The molecule has 0 fully saturated rings. The second-order valence-corrected chi connectivity index (χ2v) is 6.19. The zero-order chi connectivity index (χ0) is 17.9. The van der Waals surface area contributed by atoms with Crippen molar-refractivity contribution < 1.29 is 4.79 Å². The van der Waals surface area contributed by atoms with E-state index in [1.165, 1.54) is 5.56 Å². The van der Waals surface area contributed by atoms with Crippen molar-refractivity contribution in [3.63, 3.8) is 0 Å². The van der Waals surface area contributed by atoms with Gasteiger partial charge in [-0.25, -0.2) is 4.98 Å². The van der Waals surface area contributed by atoms with E-state index in [0.717, 1.165) is 28.9 Å². The smallest absolute Gasteiger partial charge is 0.169 e. The summed E-state index contributed by atoms with van der Waals surface area (Å²) in [5.74, 6) is 0.760. The summed E-state index contributed by atoms with van der Waals surface area (Å²) in [7, 11) is 0. The Morgan fingerprint density at radius 3 is 1.92 bits per heavy atom. The van der Waals surface area contributed by atoms with Crippen molar-refractivity contribution in [2.24, 2.45) is 0 Å². The van der Waals surface area contributed by atoms with E-state index in [1.807, 2.05) is 96.4 Å². The third-order valence-corrected chi connectivity index (χ3v) is 4.40. The third kappa shape index (κ3) is 2.84. The number of aldehydes is 1. The van der Waals surface area contributed by atoms with Crippen LogP contribution in [0.3, 0.4) is 0 Å². The molecule has 0 aliphatic heterocycles. The molecule has 3 aromatic carbocycles. The Hall–Kier alpha value is -3.46. The molecule has 0 N–H and O–H groups in total. The molecule has 1 aromatic heterocycles. The van der Waals surface area contributed by atoms with Crippen LogP contribution in [0.1, 0.15) is 16.1 Å². The number of imidazole rings is 1. The minimum absolute atomic E-state index is 0.555. The first kappa shape index (κ1) is 16.0. The van der Waals surface area contributed by atoms with E-state index >= 15 is 0 Å². The summed E-state index contributed by atoms with van der Waals surface area (Å²) in [5.41, 5.74) is 5.24. The van der Waals surface area contributed by atoms with E-state index in [9.17, 15) is 4.79 Å². The average Bonchev–Trinajstić information content (AvgIpc) is 3.09. The van der Waals surface area contributed by atoms with Gasteiger partial charge in [0.1, 0.15) is 17.2 Å². The van der Waals surface area contributed by atoms with Crippen molar-refractivity contribution in [2.45, 2.75) is 6.92 Å². The molecule has 0 aliphatic carbocycles. The molecule has 1 heterocycles. The Balaban J connectivity index is 2.02. The van der Waals surface area contributed by atoms with Crippen molar-refractivity contribution in [1.82, 2.24) is 9.55 Å². The lowest BCUT2D eigenvalue weighted by Crippen LogP contribution is -2.02. The van der Waals surface area contributed by atoms with Crippen LogP contribution in [0.5, 0.6) is 0 Å². The van der Waals surface area contributed by atoms with Crippen LogP contribution in [0.2, 0.25) is 0 Å². The van der Waals surface area contributed by atoms with Crippen molar-refractivity contribution in [3.8, 4) is 28.3 Å². The number of nitrogens with zero attached hydrogens (tertiary/aromatic N) is 2. The zero-order valence-corrected chi connectivity index (χ0v) is 14.5. The number of rotatable bonds is 4. The molecule has 4 rings (SSSR count). The molecule has 0 spiro atoms. The maximum atomic E-state index is 12.0. The molecular weight excluding hydrogens is 320 g/mol. The first-order valence-electron chi connectivity index (χ1n) is 8.54. The van der Waals surface area contributed by atoms with Gasteiger partial charge in [-0.2, -0.15) is 0 Å². The van der Waals surface area contributed by atoms with Crippen LogP contribution >= 0.6 is 0 Å². The SMILES string of the molecule is Cc1ccc(-n2c(-c3ccccc3)nc(-c3ccccc3)c2C=O)cc1. The molecular formula is C23H18N2O. The molecule has 0 saturated carbocycles. The van der Waals surface area contributed by atoms with Gasteiger partial charge in [-0.1, -0.05) is 78.4 Å². The molecule has 0 aliphatic rings. The zero-order valence-electron chi connectivity index (χ0n) is 14.5. The summed E-state index contributed by atoms with van der Waals surface area (Å²) in [4.78, 5) is 16.9. The number of aromatic nitrogens is 2. The van der Waals surface area contributed by atoms with E-state index in [-0.39, 0.29) is 0 Å². The van der Waals surface area contributed by atoms with Gasteiger partial charge in [0.25, 0.3) is 0 Å². The normalized spacial score (nSPS) is 10.7. The Bertz CT molecular complexity index is 1030. The second kappa shape index (κ2) is 6.81. The minimum atomic E-state index is 0.555. The van der Waals surface area contributed by atoms with Crippen LogP contribution in [-0.2, 0) is 0 Å². The van der Waals surface area contributed by atoms with Gasteiger partial charge >= 0.3 is 0 Å². The predicted octanol–water partition coefficient (Wildman–Crippen LogP) is 5.33. The van der Waals surface area contributed by atoms with Gasteiger partial charge in [-0.15, -0.1) is 0 Å². The highest BCUT2D eigenvalue weighted by Crippen LogP contribution is 2.31. The molecule has 4 aromatic rings. The summed E-state index contributed by atoms with van der Waals surface area (Å²) in [6.07, 6.45) is 0.891. The molecule has 0 saturated heterocycles. The predicted molar refractivity (Wildman–Crippen MR) is 105 cm³/mol. The molecule has 0 radical (unpaired) electrons. The molecule has 0 atom stereocenters. The highest BCUT2D eigenvalue weighted by atomic mass is 16.1. The van der Waals surface area contributed by atoms with E-state index < -0.39 is 0 Å². The number of carbonyl (C=O) groups excluding carboxylic acids is 1. The van der Waals surface area contributed by atoms with Crippen LogP contribution in [0.4, 0.5) is 0 Å². The van der Waals surface area contributed by atoms with Gasteiger partial charge in [-0.3, -0.25) is 9.36 Å². The van der Waals surface area contributed by atoms with Crippen molar-refractivity contribution in [1.29, 1.82) is 0 Å². The van der Waals surface area contributed by atoms with Crippen LogP contribution in [-0.4, -0.2) is 15.8 Å². The fraction of sp³-hybridized carbons (Fsp3) is 0.0435. The molecule has 0 unspecified atom stereocenters. The number of benzene rings is 3. The first-order valence-corrected chi connectivity index (χ1v) is 8.54. The summed E-state index contributed by atoms with van der Waals surface area (Å²) < 4.78 is 1.93. The van der Waals surface area contributed by atoms with Gasteiger partial charge in [0.05, 0.1) is 0 Å². The quantitative estimate of drug-likeness (QED) is 0.472. The van der Waals surface area contributed by atoms with E-state index in [4.69, 9.17) is 4.98 Å². The molecule has 3 heteroatoms. The summed E-state index contributed by atoms with van der Waals surface area (Å²) in [5, 5.41) is 0. The first-order chi connectivity index (χ1) is 12.8. The largest absolute Gasteiger partial charge is 0.296 e. The number of aryl methyl sites for hydroxylation is 1. The van der Waals surface area contributed by atoms with Crippen molar-refractivity contribution in [3.05, 3.63) is 96.2 Å². The monoisotopic (exact) mass is 338 g/mol. The van der Waals surface area contributed by atoms with E-state index in [1.54, 1.807) is 0 Å². The van der Waals surface area contributed by atoms with Crippen LogP contribution < -0.4 is 0 Å². The van der Waals surface area contributed by atoms with Gasteiger partial charge in [0.15, 0.2) is 6.29 Å². The number of hydrogen-bond acceptors (Lipinski definition) is 2. The van der Waals surface area contributed by atoms with Gasteiger partial charge in [0, 0.05) is 16.8 Å². The Morgan fingerprint density at radius 1 is 0.769 bits per heavy atom. The van der Waals surface area contributed by atoms with E-state index in [2.05, 4.69) is 0 Å². The van der Waals surface area contributed by atoms with Gasteiger partial charge < -0.3 is 0 Å². The average molecular weight is 338 g/mol. The lowest BCUT2D eigenvalue weighted by Gasteiger charge is -2.10.